The Morgan fingerprint density at radius 3 is 2.72 bits per heavy atom. The van der Waals surface area contributed by atoms with Crippen LogP contribution in [0.15, 0.2) is 24.4 Å². The van der Waals surface area contributed by atoms with E-state index >= 15 is 4.39 Å². The smallest absolute Gasteiger partial charge is 0.410 e. The second-order valence-corrected chi connectivity index (χ2v) is 10.6. The molecule has 1 unspecified atom stereocenters. The Labute approximate surface area is 211 Å². The number of nitrogens with zero attached hydrogens (tertiary/aromatic N) is 3. The third-order valence-corrected chi connectivity index (χ3v) is 6.56. The van der Waals surface area contributed by atoms with Crippen LogP contribution in [0.5, 0.6) is 0 Å². The van der Waals surface area contributed by atoms with Gasteiger partial charge < -0.3 is 23.7 Å². The van der Waals surface area contributed by atoms with E-state index in [1.54, 1.807) is 39.8 Å². The second-order valence-electron chi connectivity index (χ2n) is 10.6. The fourth-order valence-corrected chi connectivity index (χ4v) is 4.66. The molecule has 3 heterocycles. The first-order valence-electron chi connectivity index (χ1n) is 12.8. The maximum Gasteiger partial charge on any atom is 0.410 e. The molecule has 2 aliphatic rings. The first-order chi connectivity index (χ1) is 17.1. The summed E-state index contributed by atoms with van der Waals surface area (Å²) in [6.45, 7) is 9.01. The van der Waals surface area contributed by atoms with Gasteiger partial charge in [-0.25, -0.2) is 18.6 Å². The average Bonchev–Trinajstić information content (AvgIpc) is 3.24. The number of hydrogen-bond acceptors (Lipinski definition) is 5. The number of carbonyl (C=O) groups excluding carboxylic acids is 1. The van der Waals surface area contributed by atoms with Crippen LogP contribution in [0.2, 0.25) is 0 Å². The van der Waals surface area contributed by atoms with Crippen molar-refractivity contribution in [3.63, 3.8) is 0 Å². The Morgan fingerprint density at radius 1 is 1.25 bits per heavy atom. The molecule has 3 atom stereocenters. The summed E-state index contributed by atoms with van der Waals surface area (Å²) in [7, 11) is 0. The number of likely N-dealkylation sites (tertiary alicyclic amines) is 1. The van der Waals surface area contributed by atoms with Gasteiger partial charge in [0.1, 0.15) is 23.4 Å². The van der Waals surface area contributed by atoms with E-state index in [1.165, 1.54) is 11.0 Å². The number of amides is 1. The molecule has 2 saturated heterocycles. The second kappa shape index (κ2) is 11.3. The van der Waals surface area contributed by atoms with E-state index in [2.05, 4.69) is 0 Å². The molecule has 2 aliphatic heterocycles. The van der Waals surface area contributed by atoms with E-state index in [1.807, 2.05) is 10.8 Å². The van der Waals surface area contributed by atoms with Gasteiger partial charge in [0, 0.05) is 31.5 Å². The predicted molar refractivity (Wildman–Crippen MR) is 132 cm³/mol. The molecule has 1 amide bonds. The minimum atomic E-state index is -1.29. The summed E-state index contributed by atoms with van der Waals surface area (Å²) in [5, 5.41) is 0. The van der Waals surface area contributed by atoms with E-state index in [0.717, 1.165) is 24.8 Å². The summed E-state index contributed by atoms with van der Waals surface area (Å²) in [4.78, 5) is 18.7. The van der Waals surface area contributed by atoms with Crippen LogP contribution in [-0.2, 0) is 20.8 Å². The normalized spacial score (nSPS) is 23.1. The number of halogens is 2. The van der Waals surface area contributed by atoms with Crippen LogP contribution < -0.4 is 0 Å². The Bertz CT molecular complexity index is 1050. The van der Waals surface area contributed by atoms with Crippen molar-refractivity contribution < 1.29 is 27.8 Å². The molecule has 0 saturated carbocycles. The zero-order valence-electron chi connectivity index (χ0n) is 21.6. The molecule has 9 heteroatoms. The fourth-order valence-electron chi connectivity index (χ4n) is 4.66. The van der Waals surface area contributed by atoms with Crippen LogP contribution in [0, 0.1) is 12.7 Å². The Hall–Kier alpha value is -2.52. The lowest BCUT2D eigenvalue weighted by atomic mass is 9.94. The SMILES string of the molecule is Cc1cc(-c2cn(CCOC3CCCCO3)c([C@@H]3CCN(C(=O)OC(C)(C)C)C[C@@H]3F)n2)ccc1F. The summed E-state index contributed by atoms with van der Waals surface area (Å²) in [6, 6.07) is 4.85. The maximum absolute atomic E-state index is 15.5. The molecular weight excluding hydrogens is 468 g/mol. The van der Waals surface area contributed by atoms with Crippen LogP contribution >= 0.6 is 0 Å². The van der Waals surface area contributed by atoms with Crippen molar-refractivity contribution in [3.8, 4) is 11.3 Å². The van der Waals surface area contributed by atoms with Crippen molar-refractivity contribution in [2.45, 2.75) is 83.9 Å². The Morgan fingerprint density at radius 2 is 2.06 bits per heavy atom. The molecule has 0 bridgehead atoms. The van der Waals surface area contributed by atoms with Gasteiger partial charge in [0.2, 0.25) is 0 Å². The Balaban J connectivity index is 1.52. The number of hydrogen-bond donors (Lipinski definition) is 0. The monoisotopic (exact) mass is 505 g/mol. The summed E-state index contributed by atoms with van der Waals surface area (Å²) in [6.07, 6.45) is 3.28. The number of benzene rings is 1. The average molecular weight is 506 g/mol. The molecular formula is C27H37F2N3O4. The zero-order chi connectivity index (χ0) is 25.9. The highest BCUT2D eigenvalue weighted by molar-refractivity contribution is 5.68. The van der Waals surface area contributed by atoms with Gasteiger partial charge in [-0.15, -0.1) is 0 Å². The van der Waals surface area contributed by atoms with Gasteiger partial charge in [-0.1, -0.05) is 0 Å². The molecule has 2 aromatic rings. The molecule has 0 N–H and O–H groups in total. The molecule has 0 aliphatic carbocycles. The molecule has 7 nitrogen and oxygen atoms in total. The van der Waals surface area contributed by atoms with E-state index in [-0.39, 0.29) is 18.7 Å². The number of carbonyl (C=O) groups is 1. The van der Waals surface area contributed by atoms with Gasteiger partial charge in [0.05, 0.1) is 24.8 Å². The Kier molecular flexibility index (Phi) is 8.30. The zero-order valence-corrected chi connectivity index (χ0v) is 21.6. The standard InChI is InChI=1S/C27H37F2N3O4/c1-18-15-19(8-9-21(18)28)23-17-31(12-14-35-24-7-5-6-13-34-24)25(30-23)20-10-11-32(16-22(20)29)26(33)36-27(2,3)4/h8-9,15,17,20,22,24H,5-7,10-14,16H2,1-4H3/t20-,22+,24?/m1/s1. The van der Waals surface area contributed by atoms with Gasteiger partial charge in [-0.05, 0) is 77.1 Å². The lowest BCUT2D eigenvalue weighted by molar-refractivity contribution is -0.163. The van der Waals surface area contributed by atoms with Crippen LogP contribution in [-0.4, -0.2) is 64.9 Å². The van der Waals surface area contributed by atoms with E-state index in [4.69, 9.17) is 19.2 Å². The highest BCUT2D eigenvalue weighted by atomic mass is 19.1. The fraction of sp³-hybridized carbons (Fsp3) is 0.630. The van der Waals surface area contributed by atoms with E-state index in [0.29, 0.717) is 49.8 Å². The molecule has 4 rings (SSSR count). The molecule has 0 spiro atoms. The van der Waals surface area contributed by atoms with E-state index in [9.17, 15) is 9.18 Å². The first-order valence-corrected chi connectivity index (χ1v) is 12.8. The molecule has 36 heavy (non-hydrogen) atoms. The number of piperidine rings is 1. The molecule has 198 valence electrons. The summed E-state index contributed by atoms with van der Waals surface area (Å²) < 4.78 is 48.3. The van der Waals surface area contributed by atoms with Gasteiger partial charge in [0.15, 0.2) is 6.29 Å². The molecule has 0 radical (unpaired) electrons. The van der Waals surface area contributed by atoms with Gasteiger partial charge >= 0.3 is 6.09 Å². The summed E-state index contributed by atoms with van der Waals surface area (Å²) in [5.74, 6) is -0.154. The lowest BCUT2D eigenvalue weighted by Crippen LogP contribution is -2.46. The lowest BCUT2D eigenvalue weighted by Gasteiger charge is -2.35. The number of ether oxygens (including phenoxy) is 3. The summed E-state index contributed by atoms with van der Waals surface area (Å²) in [5.41, 5.74) is 1.31. The number of alkyl halides is 1. The third-order valence-electron chi connectivity index (χ3n) is 6.56. The molecule has 1 aromatic heterocycles. The molecule has 1 aromatic carbocycles. The van der Waals surface area contributed by atoms with Crippen LogP contribution in [0.3, 0.4) is 0 Å². The maximum atomic E-state index is 15.5. The van der Waals surface area contributed by atoms with Gasteiger partial charge in [-0.3, -0.25) is 0 Å². The van der Waals surface area contributed by atoms with Crippen molar-refractivity contribution in [2.75, 3.05) is 26.3 Å². The summed E-state index contributed by atoms with van der Waals surface area (Å²) >= 11 is 0. The quantitative estimate of drug-likeness (QED) is 0.511. The number of aromatic nitrogens is 2. The molecule has 2 fully saturated rings. The minimum absolute atomic E-state index is 0.0517. The van der Waals surface area contributed by atoms with Crippen LogP contribution in [0.4, 0.5) is 13.6 Å². The number of aryl methyl sites for hydroxylation is 1. The third kappa shape index (κ3) is 6.62. The van der Waals surface area contributed by atoms with E-state index < -0.39 is 23.8 Å². The van der Waals surface area contributed by atoms with Crippen molar-refractivity contribution in [3.05, 3.63) is 41.6 Å². The topological polar surface area (TPSA) is 65.8 Å². The van der Waals surface area contributed by atoms with Crippen LogP contribution in [0.25, 0.3) is 11.3 Å². The largest absolute Gasteiger partial charge is 0.444 e. The highest BCUT2D eigenvalue weighted by Gasteiger charge is 2.37. The first kappa shape index (κ1) is 26.5. The van der Waals surface area contributed by atoms with Gasteiger partial charge in [0.25, 0.3) is 0 Å². The number of imidazole rings is 1. The van der Waals surface area contributed by atoms with Crippen molar-refractivity contribution in [1.29, 1.82) is 0 Å². The van der Waals surface area contributed by atoms with Crippen molar-refractivity contribution in [2.24, 2.45) is 0 Å². The van der Waals surface area contributed by atoms with Crippen molar-refractivity contribution in [1.82, 2.24) is 14.5 Å². The minimum Gasteiger partial charge on any atom is -0.444 e. The predicted octanol–water partition coefficient (Wildman–Crippen LogP) is 5.60. The number of rotatable bonds is 6. The highest BCUT2D eigenvalue weighted by Crippen LogP contribution is 2.33. The van der Waals surface area contributed by atoms with Crippen LogP contribution in [0.1, 0.15) is 63.8 Å². The van der Waals surface area contributed by atoms with Gasteiger partial charge in [-0.2, -0.15) is 0 Å². The van der Waals surface area contributed by atoms with Crippen molar-refractivity contribution >= 4 is 6.09 Å².